The second kappa shape index (κ2) is 4.02. The minimum absolute atomic E-state index is 0.0185. The van der Waals surface area contributed by atoms with Gasteiger partial charge in [-0.1, -0.05) is 11.6 Å². The molecule has 1 aromatic rings. The fourth-order valence-electron chi connectivity index (χ4n) is 0.744. The van der Waals surface area contributed by atoms with Gasteiger partial charge in [0.05, 0.1) is 13.4 Å². The van der Waals surface area contributed by atoms with Crippen LogP contribution in [0.1, 0.15) is 0 Å². The van der Waals surface area contributed by atoms with Crippen molar-refractivity contribution in [1.82, 2.24) is 4.98 Å². The molecule has 0 spiro atoms. The van der Waals surface area contributed by atoms with Crippen LogP contribution in [0.5, 0.6) is 11.6 Å². The molecule has 0 saturated heterocycles. The molecule has 7 heteroatoms. The van der Waals surface area contributed by atoms with Crippen molar-refractivity contribution in [2.45, 2.75) is 0 Å². The lowest BCUT2D eigenvalue weighted by atomic mass is 10.4. The highest BCUT2D eigenvalue weighted by atomic mass is 35.5. The monoisotopic (exact) mass is 237 g/mol. The van der Waals surface area contributed by atoms with Crippen molar-refractivity contribution in [2.24, 2.45) is 0 Å². The third-order valence-corrected chi connectivity index (χ3v) is 1.99. The highest BCUT2D eigenvalue weighted by Gasteiger charge is 2.10. The zero-order chi connectivity index (χ0) is 10.8. The number of methoxy groups -OCH3 is 1. The van der Waals surface area contributed by atoms with E-state index in [0.29, 0.717) is 0 Å². The lowest BCUT2D eigenvalue weighted by molar-refractivity contribution is 0.396. The molecule has 0 fully saturated rings. The van der Waals surface area contributed by atoms with E-state index in [2.05, 4.69) is 9.17 Å². The predicted molar refractivity (Wildman–Crippen MR) is 51.3 cm³/mol. The van der Waals surface area contributed by atoms with E-state index in [1.54, 1.807) is 0 Å². The van der Waals surface area contributed by atoms with Gasteiger partial charge in [-0.05, 0) is 6.07 Å². The summed E-state index contributed by atoms with van der Waals surface area (Å²) in [6, 6.07) is 2.82. The lowest BCUT2D eigenvalue weighted by Gasteiger charge is -2.05. The first-order valence-electron chi connectivity index (χ1n) is 3.52. The van der Waals surface area contributed by atoms with Gasteiger partial charge in [0.2, 0.25) is 5.88 Å². The summed E-state index contributed by atoms with van der Waals surface area (Å²) in [4.78, 5) is 3.73. The molecule has 14 heavy (non-hydrogen) atoms. The number of hydrogen-bond acceptors (Lipinski definition) is 5. The van der Waals surface area contributed by atoms with Crippen molar-refractivity contribution in [2.75, 3.05) is 13.4 Å². The van der Waals surface area contributed by atoms with E-state index < -0.39 is 10.1 Å². The summed E-state index contributed by atoms with van der Waals surface area (Å²) in [5.41, 5.74) is 0. The molecule has 0 unspecified atom stereocenters. The van der Waals surface area contributed by atoms with Crippen LogP contribution in [0.25, 0.3) is 0 Å². The van der Waals surface area contributed by atoms with Crippen molar-refractivity contribution < 1.29 is 17.3 Å². The van der Waals surface area contributed by atoms with Crippen LogP contribution in [-0.4, -0.2) is 26.8 Å². The molecule has 0 aliphatic heterocycles. The smallest absolute Gasteiger partial charge is 0.306 e. The Balaban J connectivity index is 3.01. The van der Waals surface area contributed by atoms with Gasteiger partial charge in [0.15, 0.2) is 10.9 Å². The normalized spacial score (nSPS) is 11.1. The van der Waals surface area contributed by atoms with E-state index in [4.69, 9.17) is 16.3 Å². The molecule has 1 rings (SSSR count). The molecule has 0 aliphatic rings. The van der Waals surface area contributed by atoms with E-state index in [0.717, 1.165) is 6.26 Å². The Morgan fingerprint density at radius 2 is 2.07 bits per heavy atom. The Labute approximate surface area is 86.7 Å². The van der Waals surface area contributed by atoms with Gasteiger partial charge in [-0.15, -0.1) is 0 Å². The maximum Gasteiger partial charge on any atom is 0.306 e. The summed E-state index contributed by atoms with van der Waals surface area (Å²) in [5.74, 6) is 0.269. The molecule has 0 amide bonds. The number of rotatable bonds is 3. The molecular weight excluding hydrogens is 230 g/mol. The van der Waals surface area contributed by atoms with Gasteiger partial charge < -0.3 is 8.92 Å². The summed E-state index contributed by atoms with van der Waals surface area (Å²) in [6.07, 6.45) is 0.924. The van der Waals surface area contributed by atoms with Crippen molar-refractivity contribution >= 4 is 21.7 Å². The minimum Gasteiger partial charge on any atom is -0.481 e. The minimum atomic E-state index is -3.58. The number of ether oxygens (including phenoxy) is 1. The molecule has 0 radical (unpaired) electrons. The highest BCUT2D eigenvalue weighted by Crippen LogP contribution is 2.25. The molecule has 0 bridgehead atoms. The summed E-state index contributed by atoms with van der Waals surface area (Å²) < 4.78 is 30.9. The van der Waals surface area contributed by atoms with Crippen LogP contribution < -0.4 is 8.92 Å². The van der Waals surface area contributed by atoms with Gasteiger partial charge in [0.1, 0.15) is 0 Å². The van der Waals surface area contributed by atoms with Gasteiger partial charge in [-0.3, -0.25) is 0 Å². The first-order valence-corrected chi connectivity index (χ1v) is 5.72. The van der Waals surface area contributed by atoms with E-state index in [9.17, 15) is 8.42 Å². The topological polar surface area (TPSA) is 65.5 Å². The van der Waals surface area contributed by atoms with Crippen molar-refractivity contribution in [3.05, 3.63) is 17.3 Å². The van der Waals surface area contributed by atoms with Crippen LogP contribution in [0.15, 0.2) is 12.1 Å². The maximum absolute atomic E-state index is 10.8. The van der Waals surface area contributed by atoms with E-state index in [1.807, 2.05) is 0 Å². The Kier molecular flexibility index (Phi) is 3.17. The van der Waals surface area contributed by atoms with Gasteiger partial charge in [-0.2, -0.15) is 13.4 Å². The first kappa shape index (κ1) is 11.1. The maximum atomic E-state index is 10.8. The Morgan fingerprint density at radius 3 is 2.50 bits per heavy atom. The average Bonchev–Trinajstić information content (AvgIpc) is 2.06. The van der Waals surface area contributed by atoms with Gasteiger partial charge in [-0.25, -0.2) is 0 Å². The highest BCUT2D eigenvalue weighted by molar-refractivity contribution is 7.86. The van der Waals surface area contributed by atoms with Crippen LogP contribution in [0, 0.1) is 0 Å². The first-order chi connectivity index (χ1) is 6.42. The molecule has 5 nitrogen and oxygen atoms in total. The second-order valence-electron chi connectivity index (χ2n) is 2.43. The lowest BCUT2D eigenvalue weighted by Crippen LogP contribution is -2.06. The van der Waals surface area contributed by atoms with E-state index >= 15 is 0 Å². The zero-order valence-electron chi connectivity index (χ0n) is 7.52. The van der Waals surface area contributed by atoms with Crippen LogP contribution in [0.3, 0.4) is 0 Å². The second-order valence-corrected chi connectivity index (χ2v) is 4.36. The van der Waals surface area contributed by atoms with Gasteiger partial charge in [0.25, 0.3) is 0 Å². The number of hydrogen-bond donors (Lipinski definition) is 0. The van der Waals surface area contributed by atoms with Crippen LogP contribution in [0.4, 0.5) is 0 Å². The number of halogens is 1. The standard InChI is InChI=1S/C7H8ClNO4S/c1-12-6-4-3-5(7(8)9-6)13-14(2,10)11/h3-4H,1-2H3. The molecule has 78 valence electrons. The summed E-state index contributed by atoms with van der Waals surface area (Å²) >= 11 is 5.63. The van der Waals surface area contributed by atoms with Crippen molar-refractivity contribution in [3.63, 3.8) is 0 Å². The fraction of sp³-hybridized carbons (Fsp3) is 0.286. The molecular formula is C7H8ClNO4S. The van der Waals surface area contributed by atoms with Crippen LogP contribution in [-0.2, 0) is 10.1 Å². The number of nitrogens with zero attached hydrogens (tertiary/aromatic N) is 1. The Bertz CT molecular complexity index is 431. The van der Waals surface area contributed by atoms with Crippen LogP contribution in [0.2, 0.25) is 5.15 Å². The van der Waals surface area contributed by atoms with E-state index in [-0.39, 0.29) is 16.8 Å². The van der Waals surface area contributed by atoms with Crippen molar-refractivity contribution in [3.8, 4) is 11.6 Å². The van der Waals surface area contributed by atoms with Crippen molar-refractivity contribution in [1.29, 1.82) is 0 Å². The molecule has 0 atom stereocenters. The zero-order valence-corrected chi connectivity index (χ0v) is 9.09. The number of pyridine rings is 1. The SMILES string of the molecule is COc1ccc(OS(C)(=O)=O)c(Cl)n1. The summed E-state index contributed by atoms with van der Waals surface area (Å²) in [6.45, 7) is 0. The molecule has 1 aromatic heterocycles. The largest absolute Gasteiger partial charge is 0.481 e. The summed E-state index contributed by atoms with van der Waals surface area (Å²) in [7, 11) is -2.16. The fourth-order valence-corrected chi connectivity index (χ4v) is 1.44. The third kappa shape index (κ3) is 3.04. The molecule has 0 saturated carbocycles. The van der Waals surface area contributed by atoms with Crippen LogP contribution >= 0.6 is 11.6 Å². The molecule has 0 N–H and O–H groups in total. The molecule has 0 aliphatic carbocycles. The number of aromatic nitrogens is 1. The third-order valence-electron chi connectivity index (χ3n) is 1.24. The van der Waals surface area contributed by atoms with Gasteiger partial charge >= 0.3 is 10.1 Å². The summed E-state index contributed by atoms with van der Waals surface area (Å²) in [5, 5.41) is -0.0604. The molecule has 1 heterocycles. The Hall–Kier alpha value is -1.01. The molecule has 0 aromatic carbocycles. The van der Waals surface area contributed by atoms with E-state index in [1.165, 1.54) is 19.2 Å². The average molecular weight is 238 g/mol. The predicted octanol–water partition coefficient (Wildman–Crippen LogP) is 1.08. The quantitative estimate of drug-likeness (QED) is 0.581. The Morgan fingerprint density at radius 1 is 1.43 bits per heavy atom. The van der Waals surface area contributed by atoms with Gasteiger partial charge in [0, 0.05) is 6.07 Å².